The van der Waals surface area contributed by atoms with Crippen molar-refractivity contribution in [2.75, 3.05) is 13.7 Å². The largest absolute Gasteiger partial charge is 0.368 e. The van der Waals surface area contributed by atoms with E-state index in [1.807, 2.05) is 0 Å². The molecule has 0 amide bonds. The normalized spacial score (nSPS) is 16.8. The van der Waals surface area contributed by atoms with Gasteiger partial charge in [0.25, 0.3) is 0 Å². The second kappa shape index (κ2) is 5.61. The molecular formula is C6H14O4. The first-order valence-corrected chi connectivity index (χ1v) is 3.21. The van der Waals surface area contributed by atoms with E-state index in [0.717, 1.165) is 0 Å². The Kier molecular flexibility index (Phi) is 5.52. The Bertz CT molecular complexity index is 76.1. The number of ether oxygens (including phenoxy) is 2. The van der Waals surface area contributed by atoms with Crippen LogP contribution in [0.5, 0.6) is 0 Å². The Morgan fingerprint density at radius 2 is 1.90 bits per heavy atom. The molecule has 0 aromatic carbocycles. The molecule has 4 heteroatoms. The molecule has 0 bridgehead atoms. The molecule has 10 heavy (non-hydrogen) atoms. The summed E-state index contributed by atoms with van der Waals surface area (Å²) in [5, 5.41) is 17.7. The van der Waals surface area contributed by atoms with E-state index < -0.39 is 12.6 Å². The summed E-state index contributed by atoms with van der Waals surface area (Å²) in [6.45, 7) is 2.19. The standard InChI is InChI=1S/C6H14O4/c1-3-10-6(8)4-5(7)9-2/h5-8H,3-4H2,1-2H3. The Morgan fingerprint density at radius 1 is 1.30 bits per heavy atom. The molecular weight excluding hydrogens is 136 g/mol. The smallest absolute Gasteiger partial charge is 0.159 e. The molecule has 0 aliphatic carbocycles. The molecule has 0 fully saturated rings. The number of rotatable bonds is 5. The third kappa shape index (κ3) is 4.69. The van der Waals surface area contributed by atoms with E-state index in [2.05, 4.69) is 4.74 Å². The van der Waals surface area contributed by atoms with Gasteiger partial charge in [-0.1, -0.05) is 0 Å². The third-order valence-electron chi connectivity index (χ3n) is 1.03. The molecule has 0 radical (unpaired) electrons. The SMILES string of the molecule is CCOC(O)CC(O)OC. The molecule has 2 unspecified atom stereocenters. The van der Waals surface area contributed by atoms with Crippen LogP contribution in [-0.4, -0.2) is 36.5 Å². The zero-order valence-electron chi connectivity index (χ0n) is 6.28. The van der Waals surface area contributed by atoms with Gasteiger partial charge in [0.1, 0.15) is 0 Å². The van der Waals surface area contributed by atoms with Crippen molar-refractivity contribution in [3.05, 3.63) is 0 Å². The predicted molar refractivity (Wildman–Crippen MR) is 35.3 cm³/mol. The van der Waals surface area contributed by atoms with Gasteiger partial charge in [-0.15, -0.1) is 0 Å². The van der Waals surface area contributed by atoms with Gasteiger partial charge in [-0.25, -0.2) is 0 Å². The van der Waals surface area contributed by atoms with Crippen molar-refractivity contribution in [3.8, 4) is 0 Å². The summed E-state index contributed by atoms with van der Waals surface area (Å²) in [4.78, 5) is 0. The average molecular weight is 150 g/mol. The van der Waals surface area contributed by atoms with Crippen LogP contribution in [0.1, 0.15) is 13.3 Å². The Labute approximate surface area is 60.4 Å². The van der Waals surface area contributed by atoms with E-state index in [1.165, 1.54) is 7.11 Å². The summed E-state index contributed by atoms with van der Waals surface area (Å²) >= 11 is 0. The molecule has 2 N–H and O–H groups in total. The van der Waals surface area contributed by atoms with E-state index in [0.29, 0.717) is 6.61 Å². The van der Waals surface area contributed by atoms with Gasteiger partial charge in [0.2, 0.25) is 0 Å². The lowest BCUT2D eigenvalue weighted by Crippen LogP contribution is -2.21. The molecule has 0 heterocycles. The van der Waals surface area contributed by atoms with Crippen LogP contribution in [0.4, 0.5) is 0 Å². The van der Waals surface area contributed by atoms with Crippen molar-refractivity contribution in [2.45, 2.75) is 25.9 Å². The summed E-state index contributed by atoms with van der Waals surface area (Å²) in [5.74, 6) is 0. The number of hydrogen-bond donors (Lipinski definition) is 2. The summed E-state index contributed by atoms with van der Waals surface area (Å²) < 4.78 is 9.21. The highest BCUT2D eigenvalue weighted by Crippen LogP contribution is 1.99. The van der Waals surface area contributed by atoms with E-state index in [4.69, 9.17) is 14.9 Å². The maximum atomic E-state index is 8.89. The van der Waals surface area contributed by atoms with E-state index in [9.17, 15) is 0 Å². The zero-order valence-corrected chi connectivity index (χ0v) is 6.28. The number of hydrogen-bond acceptors (Lipinski definition) is 4. The molecule has 0 aliphatic heterocycles. The lowest BCUT2D eigenvalue weighted by Gasteiger charge is -2.13. The quantitative estimate of drug-likeness (QED) is 0.528. The highest BCUT2D eigenvalue weighted by Gasteiger charge is 2.09. The van der Waals surface area contributed by atoms with Crippen molar-refractivity contribution in [1.82, 2.24) is 0 Å². The van der Waals surface area contributed by atoms with Crippen LogP contribution in [0.2, 0.25) is 0 Å². The van der Waals surface area contributed by atoms with Gasteiger partial charge < -0.3 is 19.7 Å². The fraction of sp³-hybridized carbons (Fsp3) is 1.00. The van der Waals surface area contributed by atoms with Gasteiger partial charge in [0.15, 0.2) is 12.6 Å². The molecule has 2 atom stereocenters. The van der Waals surface area contributed by atoms with E-state index >= 15 is 0 Å². The Morgan fingerprint density at radius 3 is 2.30 bits per heavy atom. The van der Waals surface area contributed by atoms with Crippen LogP contribution in [0, 0.1) is 0 Å². The molecule has 62 valence electrons. The number of methoxy groups -OCH3 is 1. The maximum Gasteiger partial charge on any atom is 0.159 e. The topological polar surface area (TPSA) is 58.9 Å². The minimum atomic E-state index is -0.943. The van der Waals surface area contributed by atoms with Crippen LogP contribution in [0.3, 0.4) is 0 Å². The second-order valence-electron chi connectivity index (χ2n) is 1.84. The highest BCUT2D eigenvalue weighted by molar-refractivity contribution is 4.43. The first-order chi connectivity index (χ1) is 4.70. The molecule has 0 spiro atoms. The van der Waals surface area contributed by atoms with Crippen LogP contribution >= 0.6 is 0 Å². The lowest BCUT2D eigenvalue weighted by atomic mass is 10.4. The molecule has 4 nitrogen and oxygen atoms in total. The minimum absolute atomic E-state index is 0.0876. The molecule has 0 saturated carbocycles. The van der Waals surface area contributed by atoms with Crippen LogP contribution < -0.4 is 0 Å². The molecule has 0 rings (SSSR count). The van der Waals surface area contributed by atoms with Crippen molar-refractivity contribution in [3.63, 3.8) is 0 Å². The monoisotopic (exact) mass is 150 g/mol. The highest BCUT2D eigenvalue weighted by atomic mass is 16.6. The van der Waals surface area contributed by atoms with Crippen LogP contribution in [0.15, 0.2) is 0 Å². The third-order valence-corrected chi connectivity index (χ3v) is 1.03. The van der Waals surface area contributed by atoms with E-state index in [-0.39, 0.29) is 6.42 Å². The van der Waals surface area contributed by atoms with Gasteiger partial charge >= 0.3 is 0 Å². The predicted octanol–water partition coefficient (Wildman–Crippen LogP) is -0.304. The van der Waals surface area contributed by atoms with Gasteiger partial charge in [-0.05, 0) is 6.92 Å². The van der Waals surface area contributed by atoms with Gasteiger partial charge in [0.05, 0.1) is 0 Å². The molecule has 0 saturated heterocycles. The molecule has 0 aliphatic rings. The van der Waals surface area contributed by atoms with Crippen molar-refractivity contribution in [2.24, 2.45) is 0 Å². The first kappa shape index (κ1) is 9.84. The summed E-state index contributed by atoms with van der Waals surface area (Å²) in [7, 11) is 1.36. The van der Waals surface area contributed by atoms with Crippen molar-refractivity contribution < 1.29 is 19.7 Å². The van der Waals surface area contributed by atoms with Crippen molar-refractivity contribution >= 4 is 0 Å². The average Bonchev–Trinajstić information content (AvgIpc) is 1.88. The zero-order chi connectivity index (χ0) is 7.98. The summed E-state index contributed by atoms with van der Waals surface area (Å²) in [5.41, 5.74) is 0. The molecule has 0 aromatic rings. The fourth-order valence-electron chi connectivity index (χ4n) is 0.529. The number of aliphatic hydroxyl groups is 2. The Hall–Kier alpha value is -0.160. The van der Waals surface area contributed by atoms with Gasteiger partial charge in [-0.2, -0.15) is 0 Å². The first-order valence-electron chi connectivity index (χ1n) is 3.21. The van der Waals surface area contributed by atoms with Gasteiger partial charge in [0, 0.05) is 20.1 Å². The minimum Gasteiger partial charge on any atom is -0.368 e. The fourth-order valence-corrected chi connectivity index (χ4v) is 0.529. The Balaban J connectivity index is 3.27. The lowest BCUT2D eigenvalue weighted by molar-refractivity contribution is -0.164. The number of aliphatic hydroxyl groups excluding tert-OH is 2. The summed E-state index contributed by atoms with van der Waals surface area (Å²) in [6, 6.07) is 0. The maximum absolute atomic E-state index is 8.89. The summed E-state index contributed by atoms with van der Waals surface area (Å²) in [6.07, 6.45) is -1.79. The molecule has 0 aromatic heterocycles. The van der Waals surface area contributed by atoms with Crippen LogP contribution in [0.25, 0.3) is 0 Å². The van der Waals surface area contributed by atoms with Crippen LogP contribution in [-0.2, 0) is 9.47 Å². The van der Waals surface area contributed by atoms with Gasteiger partial charge in [-0.3, -0.25) is 0 Å². The van der Waals surface area contributed by atoms with Crippen molar-refractivity contribution in [1.29, 1.82) is 0 Å². The van der Waals surface area contributed by atoms with E-state index in [1.54, 1.807) is 6.92 Å². The second-order valence-corrected chi connectivity index (χ2v) is 1.84.